The number of nitrogens with one attached hydrogen (secondary N) is 2. The van der Waals surface area contributed by atoms with E-state index in [1.807, 2.05) is 57.3 Å². The summed E-state index contributed by atoms with van der Waals surface area (Å²) >= 11 is 3.48. The van der Waals surface area contributed by atoms with Gasteiger partial charge in [0, 0.05) is 15.7 Å². The van der Waals surface area contributed by atoms with Crippen LogP contribution < -0.4 is 19.7 Å². The highest BCUT2D eigenvalue weighted by atomic mass is 79.9. The molecule has 26 heavy (non-hydrogen) atoms. The van der Waals surface area contributed by atoms with Crippen LogP contribution in [0.1, 0.15) is 18.1 Å². The molecule has 1 amide bonds. The summed E-state index contributed by atoms with van der Waals surface area (Å²) in [7, 11) is 3.62. The molecule has 1 atom stereocenters. The minimum absolute atomic E-state index is 0.0174. The Kier molecular flexibility index (Phi) is 7.48. The first-order valence-electron chi connectivity index (χ1n) is 8.60. The summed E-state index contributed by atoms with van der Waals surface area (Å²) in [6, 6.07) is 11.7. The van der Waals surface area contributed by atoms with E-state index in [9.17, 15) is 4.79 Å². The van der Waals surface area contributed by atoms with E-state index in [-0.39, 0.29) is 5.91 Å². The molecule has 0 heterocycles. The Hall–Kier alpha value is -2.05. The van der Waals surface area contributed by atoms with Gasteiger partial charge in [-0.05, 0) is 49.7 Å². The molecule has 0 aliphatic heterocycles. The van der Waals surface area contributed by atoms with Crippen LogP contribution in [0.4, 0.5) is 5.69 Å². The van der Waals surface area contributed by atoms with Gasteiger partial charge in [0.25, 0.3) is 5.91 Å². The lowest BCUT2D eigenvalue weighted by atomic mass is 10.2. The van der Waals surface area contributed by atoms with Crippen molar-refractivity contribution in [3.63, 3.8) is 0 Å². The smallest absolute Gasteiger partial charge is 0.279 e. The van der Waals surface area contributed by atoms with Crippen LogP contribution in [0.15, 0.2) is 40.9 Å². The number of ether oxygens (including phenoxy) is 2. The zero-order chi connectivity index (χ0) is 19.1. The van der Waals surface area contributed by atoms with Crippen molar-refractivity contribution < 1.29 is 19.2 Å². The summed E-state index contributed by atoms with van der Waals surface area (Å²) < 4.78 is 11.9. The topological polar surface area (TPSA) is 52.0 Å². The fraction of sp³-hybridized carbons (Fsp3) is 0.350. The van der Waals surface area contributed by atoms with Crippen molar-refractivity contribution in [3.05, 3.63) is 52.0 Å². The average molecular weight is 422 g/mol. The second-order valence-electron chi connectivity index (χ2n) is 6.24. The molecule has 2 rings (SSSR count). The zero-order valence-corrected chi connectivity index (χ0v) is 17.3. The third-order valence-electron chi connectivity index (χ3n) is 3.95. The number of rotatable bonds is 8. The molecule has 0 aliphatic carbocycles. The monoisotopic (exact) mass is 421 g/mol. The highest BCUT2D eigenvalue weighted by molar-refractivity contribution is 9.10. The third-order valence-corrected chi connectivity index (χ3v) is 4.81. The number of amides is 1. The van der Waals surface area contributed by atoms with Gasteiger partial charge in [0.15, 0.2) is 18.0 Å². The fourth-order valence-corrected chi connectivity index (χ4v) is 3.04. The van der Waals surface area contributed by atoms with Crippen molar-refractivity contribution in [2.45, 2.75) is 20.4 Å². The van der Waals surface area contributed by atoms with Crippen molar-refractivity contribution in [1.82, 2.24) is 0 Å². The molecule has 6 heteroatoms. The van der Waals surface area contributed by atoms with E-state index in [0.717, 1.165) is 31.9 Å². The summed E-state index contributed by atoms with van der Waals surface area (Å²) in [5, 5.41) is 2.94. The van der Waals surface area contributed by atoms with Crippen molar-refractivity contribution >= 4 is 27.5 Å². The second-order valence-corrected chi connectivity index (χ2v) is 7.10. The molecule has 2 aromatic carbocycles. The number of halogens is 1. The Labute approximate surface area is 163 Å². The number of carbonyl (C=O) groups excluding carboxylic acids is 1. The number of hydrogen-bond acceptors (Lipinski definition) is 3. The van der Waals surface area contributed by atoms with E-state index in [0.29, 0.717) is 25.4 Å². The predicted octanol–water partition coefficient (Wildman–Crippen LogP) is 2.82. The van der Waals surface area contributed by atoms with Crippen molar-refractivity contribution in [3.8, 4) is 11.5 Å². The molecule has 0 spiro atoms. The van der Waals surface area contributed by atoms with E-state index in [1.165, 1.54) is 0 Å². The lowest BCUT2D eigenvalue weighted by molar-refractivity contribution is -0.885. The average Bonchev–Trinajstić information content (AvgIpc) is 2.59. The summed E-state index contributed by atoms with van der Waals surface area (Å²) in [6.07, 6.45) is 0. The maximum absolute atomic E-state index is 12.3. The first kappa shape index (κ1) is 20.3. The molecule has 2 aromatic rings. The van der Waals surface area contributed by atoms with Crippen molar-refractivity contribution in [1.29, 1.82) is 0 Å². The normalized spacial score (nSPS) is 11.7. The predicted molar refractivity (Wildman–Crippen MR) is 107 cm³/mol. The SMILES string of the molecule is CCOc1ccc(C[NH+](C)CC(=O)Nc2ccc(C)c(Br)c2)cc1OC. The fourth-order valence-electron chi connectivity index (χ4n) is 2.66. The number of methoxy groups -OCH3 is 1. The number of benzene rings is 2. The van der Waals surface area contributed by atoms with Crippen LogP contribution in [-0.4, -0.2) is 33.2 Å². The van der Waals surface area contributed by atoms with Crippen LogP contribution in [-0.2, 0) is 11.3 Å². The largest absolute Gasteiger partial charge is 0.493 e. The van der Waals surface area contributed by atoms with Crippen LogP contribution >= 0.6 is 15.9 Å². The Morgan fingerprint density at radius 3 is 2.62 bits per heavy atom. The molecule has 0 bridgehead atoms. The van der Waals surface area contributed by atoms with E-state index in [1.54, 1.807) is 7.11 Å². The molecular weight excluding hydrogens is 396 g/mol. The van der Waals surface area contributed by atoms with Crippen LogP contribution in [0.2, 0.25) is 0 Å². The van der Waals surface area contributed by atoms with E-state index < -0.39 is 0 Å². The summed E-state index contributed by atoms with van der Waals surface area (Å²) in [6.45, 7) is 5.64. The highest BCUT2D eigenvalue weighted by Crippen LogP contribution is 2.27. The maximum Gasteiger partial charge on any atom is 0.279 e. The minimum Gasteiger partial charge on any atom is -0.493 e. The molecule has 5 nitrogen and oxygen atoms in total. The Bertz CT molecular complexity index is 765. The molecule has 0 fully saturated rings. The Morgan fingerprint density at radius 1 is 1.19 bits per heavy atom. The highest BCUT2D eigenvalue weighted by Gasteiger charge is 2.13. The number of likely N-dealkylation sites (N-methyl/N-ethyl adjacent to an activating group) is 1. The molecule has 0 aliphatic rings. The van der Waals surface area contributed by atoms with Gasteiger partial charge in [-0.2, -0.15) is 0 Å². The standard InChI is InChI=1S/C20H25BrN2O3/c1-5-26-18-9-7-15(10-19(18)25-4)12-23(3)13-20(24)22-16-8-6-14(2)17(21)11-16/h6-11H,5,12-13H2,1-4H3,(H,22,24)/p+1. The quantitative estimate of drug-likeness (QED) is 0.688. The number of anilines is 1. The van der Waals surface area contributed by atoms with Crippen LogP contribution in [0.25, 0.3) is 0 Å². The number of carbonyl (C=O) groups is 1. The third kappa shape index (κ3) is 5.75. The molecule has 1 unspecified atom stereocenters. The summed E-state index contributed by atoms with van der Waals surface area (Å²) in [5.41, 5.74) is 3.02. The number of hydrogen-bond donors (Lipinski definition) is 2. The maximum atomic E-state index is 12.3. The van der Waals surface area contributed by atoms with Crippen LogP contribution in [0, 0.1) is 6.92 Å². The van der Waals surface area contributed by atoms with Crippen LogP contribution in [0.3, 0.4) is 0 Å². The summed E-state index contributed by atoms with van der Waals surface area (Å²) in [4.78, 5) is 13.4. The van der Waals surface area contributed by atoms with Crippen molar-refractivity contribution in [2.75, 3.05) is 32.6 Å². The molecule has 0 saturated heterocycles. The van der Waals surface area contributed by atoms with E-state index in [2.05, 4.69) is 21.2 Å². The van der Waals surface area contributed by atoms with Gasteiger partial charge in [-0.1, -0.05) is 22.0 Å². The van der Waals surface area contributed by atoms with Gasteiger partial charge in [0.05, 0.1) is 20.8 Å². The number of aryl methyl sites for hydroxylation is 1. The minimum atomic E-state index is -0.0174. The van der Waals surface area contributed by atoms with Gasteiger partial charge >= 0.3 is 0 Å². The lowest BCUT2D eigenvalue weighted by Crippen LogP contribution is -3.08. The second kappa shape index (κ2) is 9.59. The first-order chi connectivity index (χ1) is 12.4. The van der Waals surface area contributed by atoms with Crippen molar-refractivity contribution in [2.24, 2.45) is 0 Å². The summed E-state index contributed by atoms with van der Waals surface area (Å²) in [5.74, 6) is 1.43. The van der Waals surface area contributed by atoms with Crippen LogP contribution in [0.5, 0.6) is 11.5 Å². The van der Waals surface area contributed by atoms with Gasteiger partial charge < -0.3 is 19.7 Å². The lowest BCUT2D eigenvalue weighted by Gasteiger charge is -2.16. The van der Waals surface area contributed by atoms with Gasteiger partial charge in [-0.3, -0.25) is 4.79 Å². The van der Waals surface area contributed by atoms with Gasteiger partial charge in [-0.15, -0.1) is 0 Å². The molecule has 0 aromatic heterocycles. The van der Waals surface area contributed by atoms with E-state index >= 15 is 0 Å². The molecule has 0 saturated carbocycles. The Balaban J connectivity index is 1.94. The van der Waals surface area contributed by atoms with Gasteiger partial charge in [0.1, 0.15) is 6.54 Å². The van der Waals surface area contributed by atoms with E-state index in [4.69, 9.17) is 9.47 Å². The van der Waals surface area contributed by atoms with Gasteiger partial charge in [-0.25, -0.2) is 0 Å². The zero-order valence-electron chi connectivity index (χ0n) is 15.7. The first-order valence-corrected chi connectivity index (χ1v) is 9.39. The number of quaternary nitrogens is 1. The Morgan fingerprint density at radius 2 is 1.96 bits per heavy atom. The molecule has 2 N–H and O–H groups in total. The molecular formula is C20H26BrN2O3+. The molecule has 140 valence electrons. The van der Waals surface area contributed by atoms with Gasteiger partial charge in [0.2, 0.25) is 0 Å². The molecule has 0 radical (unpaired) electrons.